The Morgan fingerprint density at radius 2 is 2.29 bits per heavy atom. The van der Waals surface area contributed by atoms with Crippen LogP contribution >= 0.6 is 0 Å². The monoisotopic (exact) mass is 243 g/mol. The molecule has 1 aliphatic rings. The van der Waals surface area contributed by atoms with Crippen molar-refractivity contribution in [2.45, 2.75) is 25.4 Å². The number of ether oxygens (including phenoxy) is 1. The van der Waals surface area contributed by atoms with E-state index in [-0.39, 0.29) is 17.7 Å². The highest BCUT2D eigenvalue weighted by Gasteiger charge is 2.15. The number of aromatic nitrogens is 1. The van der Waals surface area contributed by atoms with Crippen LogP contribution in [0.4, 0.5) is 20.4 Å². The highest BCUT2D eigenvalue weighted by atomic mass is 19.1. The molecule has 0 aromatic carbocycles. The topological polar surface area (TPSA) is 60.2 Å². The molecule has 6 heteroatoms. The molecule has 1 saturated heterocycles. The molecular formula is C11H15F2N3O. The van der Waals surface area contributed by atoms with E-state index >= 15 is 0 Å². The first-order chi connectivity index (χ1) is 8.16. The number of rotatable bonds is 4. The molecule has 4 nitrogen and oxygen atoms in total. The molecule has 1 unspecified atom stereocenters. The molecule has 94 valence electrons. The minimum atomic E-state index is -0.841. The molecule has 1 fully saturated rings. The van der Waals surface area contributed by atoms with Gasteiger partial charge in [0.05, 0.1) is 6.10 Å². The summed E-state index contributed by atoms with van der Waals surface area (Å²) in [7, 11) is 0. The van der Waals surface area contributed by atoms with Crippen LogP contribution in [-0.4, -0.2) is 24.2 Å². The van der Waals surface area contributed by atoms with Crippen LogP contribution in [0.1, 0.15) is 19.3 Å². The standard InChI is InChI=1S/C11H15F2N3O/c12-8-6-9(13)11(16-10(8)14)15-4-3-7-2-1-5-17-7/h6-7H,1-5H2,(H3,14,15,16). The molecule has 2 heterocycles. The van der Waals surface area contributed by atoms with E-state index < -0.39 is 11.6 Å². The summed E-state index contributed by atoms with van der Waals surface area (Å²) >= 11 is 0. The number of hydrogen-bond acceptors (Lipinski definition) is 4. The van der Waals surface area contributed by atoms with Crippen molar-refractivity contribution in [3.05, 3.63) is 17.7 Å². The highest BCUT2D eigenvalue weighted by Crippen LogP contribution is 2.18. The smallest absolute Gasteiger partial charge is 0.168 e. The van der Waals surface area contributed by atoms with Gasteiger partial charge in [0.25, 0.3) is 0 Å². The molecule has 0 amide bonds. The van der Waals surface area contributed by atoms with E-state index in [9.17, 15) is 8.78 Å². The first-order valence-corrected chi connectivity index (χ1v) is 5.64. The summed E-state index contributed by atoms with van der Waals surface area (Å²) in [6.45, 7) is 1.32. The number of nitrogens with two attached hydrogens (primary N) is 1. The fraction of sp³-hybridized carbons (Fsp3) is 0.545. The highest BCUT2D eigenvalue weighted by molar-refractivity contribution is 5.44. The number of hydrogen-bond donors (Lipinski definition) is 2. The van der Waals surface area contributed by atoms with E-state index in [1.54, 1.807) is 0 Å². The predicted molar refractivity (Wildman–Crippen MR) is 60.6 cm³/mol. The van der Waals surface area contributed by atoms with Gasteiger partial charge >= 0.3 is 0 Å². The van der Waals surface area contributed by atoms with Crippen molar-refractivity contribution in [2.75, 3.05) is 24.2 Å². The van der Waals surface area contributed by atoms with Crippen molar-refractivity contribution >= 4 is 11.6 Å². The maximum absolute atomic E-state index is 13.3. The number of halogens is 2. The van der Waals surface area contributed by atoms with Gasteiger partial charge in [-0.1, -0.05) is 0 Å². The van der Waals surface area contributed by atoms with Crippen LogP contribution in [0.3, 0.4) is 0 Å². The first kappa shape index (κ1) is 12.0. The number of nitrogens with zero attached hydrogens (tertiary/aromatic N) is 1. The van der Waals surface area contributed by atoms with Crippen LogP contribution in [0.2, 0.25) is 0 Å². The van der Waals surface area contributed by atoms with Gasteiger partial charge < -0.3 is 15.8 Å². The largest absolute Gasteiger partial charge is 0.381 e. The maximum Gasteiger partial charge on any atom is 0.168 e. The zero-order valence-corrected chi connectivity index (χ0v) is 9.38. The van der Waals surface area contributed by atoms with Crippen molar-refractivity contribution in [1.82, 2.24) is 4.98 Å². The Balaban J connectivity index is 1.87. The second kappa shape index (κ2) is 5.27. The van der Waals surface area contributed by atoms with Gasteiger partial charge in [-0.2, -0.15) is 0 Å². The molecule has 3 N–H and O–H groups in total. The lowest BCUT2D eigenvalue weighted by atomic mass is 10.2. The Morgan fingerprint density at radius 1 is 1.47 bits per heavy atom. The SMILES string of the molecule is Nc1nc(NCCC2CCCO2)c(F)cc1F. The minimum absolute atomic E-state index is 0.0121. The third kappa shape index (κ3) is 3.03. The van der Waals surface area contributed by atoms with E-state index in [1.807, 2.05) is 0 Å². The molecule has 0 spiro atoms. The number of pyridine rings is 1. The second-order valence-corrected chi connectivity index (χ2v) is 4.04. The molecule has 1 aromatic rings. The molecule has 17 heavy (non-hydrogen) atoms. The lowest BCUT2D eigenvalue weighted by molar-refractivity contribution is 0.107. The van der Waals surface area contributed by atoms with Gasteiger partial charge in [-0.3, -0.25) is 0 Å². The minimum Gasteiger partial charge on any atom is -0.381 e. The Labute approximate surface area is 98.2 Å². The van der Waals surface area contributed by atoms with Gasteiger partial charge in [-0.25, -0.2) is 13.8 Å². The van der Waals surface area contributed by atoms with Gasteiger partial charge in [0, 0.05) is 19.2 Å². The van der Waals surface area contributed by atoms with Crippen LogP contribution in [0.5, 0.6) is 0 Å². The van der Waals surface area contributed by atoms with Crippen molar-refractivity contribution in [3.63, 3.8) is 0 Å². The van der Waals surface area contributed by atoms with Gasteiger partial charge in [0.15, 0.2) is 23.3 Å². The van der Waals surface area contributed by atoms with E-state index in [4.69, 9.17) is 10.5 Å². The van der Waals surface area contributed by atoms with Crippen molar-refractivity contribution in [3.8, 4) is 0 Å². The van der Waals surface area contributed by atoms with Crippen LogP contribution in [0, 0.1) is 11.6 Å². The summed E-state index contributed by atoms with van der Waals surface area (Å²) in [5.74, 6) is -1.89. The van der Waals surface area contributed by atoms with Crippen molar-refractivity contribution in [1.29, 1.82) is 0 Å². The summed E-state index contributed by atoms with van der Waals surface area (Å²) in [6, 6.07) is 0.733. The van der Waals surface area contributed by atoms with Crippen LogP contribution in [0.25, 0.3) is 0 Å². The first-order valence-electron chi connectivity index (χ1n) is 5.64. The lowest BCUT2D eigenvalue weighted by Crippen LogP contribution is -2.14. The summed E-state index contributed by atoms with van der Waals surface area (Å²) < 4.78 is 31.6. The summed E-state index contributed by atoms with van der Waals surface area (Å²) in [5.41, 5.74) is 5.27. The normalized spacial score (nSPS) is 19.5. The zero-order valence-electron chi connectivity index (χ0n) is 9.38. The Morgan fingerprint density at radius 3 is 3.00 bits per heavy atom. The van der Waals surface area contributed by atoms with Crippen LogP contribution in [0.15, 0.2) is 6.07 Å². The Bertz CT molecular complexity index is 395. The average molecular weight is 243 g/mol. The van der Waals surface area contributed by atoms with Crippen molar-refractivity contribution < 1.29 is 13.5 Å². The maximum atomic E-state index is 13.3. The fourth-order valence-corrected chi connectivity index (χ4v) is 1.83. The summed E-state index contributed by atoms with van der Waals surface area (Å²) in [4.78, 5) is 3.61. The molecular weight excluding hydrogens is 228 g/mol. The number of anilines is 2. The number of nitrogen functional groups attached to an aromatic ring is 1. The van der Waals surface area contributed by atoms with E-state index in [1.165, 1.54) is 0 Å². The van der Waals surface area contributed by atoms with Gasteiger partial charge in [-0.15, -0.1) is 0 Å². The molecule has 0 radical (unpaired) electrons. The summed E-state index contributed by atoms with van der Waals surface area (Å²) in [5, 5.41) is 2.80. The van der Waals surface area contributed by atoms with Crippen molar-refractivity contribution in [2.24, 2.45) is 0 Å². The number of nitrogens with one attached hydrogen (secondary N) is 1. The average Bonchev–Trinajstić information content (AvgIpc) is 2.78. The van der Waals surface area contributed by atoms with E-state index in [0.29, 0.717) is 6.54 Å². The van der Waals surface area contributed by atoms with E-state index in [2.05, 4.69) is 10.3 Å². The third-order valence-corrected chi connectivity index (χ3v) is 2.74. The van der Waals surface area contributed by atoms with Crippen LogP contribution in [-0.2, 0) is 4.74 Å². The third-order valence-electron chi connectivity index (χ3n) is 2.74. The Hall–Kier alpha value is -1.43. The molecule has 1 aliphatic heterocycles. The quantitative estimate of drug-likeness (QED) is 0.848. The zero-order chi connectivity index (χ0) is 12.3. The predicted octanol–water partition coefficient (Wildman–Crippen LogP) is 1.92. The lowest BCUT2D eigenvalue weighted by Gasteiger charge is -2.11. The van der Waals surface area contributed by atoms with E-state index in [0.717, 1.165) is 31.9 Å². The molecule has 0 saturated carbocycles. The second-order valence-electron chi connectivity index (χ2n) is 4.04. The fourth-order valence-electron chi connectivity index (χ4n) is 1.83. The summed E-state index contributed by atoms with van der Waals surface area (Å²) in [6.07, 6.45) is 3.10. The van der Waals surface area contributed by atoms with Crippen LogP contribution < -0.4 is 11.1 Å². The Kier molecular flexibility index (Phi) is 3.73. The molecule has 0 bridgehead atoms. The molecule has 0 aliphatic carbocycles. The van der Waals surface area contributed by atoms with Gasteiger partial charge in [-0.05, 0) is 19.3 Å². The van der Waals surface area contributed by atoms with Gasteiger partial charge in [0.1, 0.15) is 0 Å². The molecule has 2 rings (SSSR count). The molecule has 1 atom stereocenters. The van der Waals surface area contributed by atoms with Gasteiger partial charge in [0.2, 0.25) is 0 Å². The molecule has 1 aromatic heterocycles.